The van der Waals surface area contributed by atoms with E-state index in [-0.39, 0.29) is 6.10 Å². The Kier molecular flexibility index (Phi) is 3.23. The average Bonchev–Trinajstić information content (AvgIpc) is 3.10. The van der Waals surface area contributed by atoms with Crippen LogP contribution in [0.1, 0.15) is 12.8 Å². The maximum atomic E-state index is 5.70. The summed E-state index contributed by atoms with van der Waals surface area (Å²) < 4.78 is 13.1. The zero-order chi connectivity index (χ0) is 12.2. The summed E-state index contributed by atoms with van der Waals surface area (Å²) in [7, 11) is 0. The molecule has 18 heavy (non-hydrogen) atoms. The molecule has 0 amide bonds. The Morgan fingerprint density at radius 3 is 2.67 bits per heavy atom. The van der Waals surface area contributed by atoms with E-state index in [9.17, 15) is 0 Å². The van der Waals surface area contributed by atoms with Crippen molar-refractivity contribution in [3.63, 3.8) is 0 Å². The Morgan fingerprint density at radius 2 is 2.00 bits per heavy atom. The average molecular weight is 245 g/mol. The molecule has 0 spiro atoms. The quantitative estimate of drug-likeness (QED) is 0.824. The third kappa shape index (κ3) is 2.51. The van der Waals surface area contributed by atoms with Crippen LogP contribution in [0.3, 0.4) is 0 Å². The van der Waals surface area contributed by atoms with Gasteiger partial charge in [0.05, 0.1) is 6.10 Å². The van der Waals surface area contributed by atoms with Gasteiger partial charge in [-0.3, -0.25) is 4.57 Å². The van der Waals surface area contributed by atoms with E-state index < -0.39 is 0 Å². The van der Waals surface area contributed by atoms with Gasteiger partial charge < -0.3 is 9.47 Å². The first-order valence-electron chi connectivity index (χ1n) is 6.11. The maximum Gasteiger partial charge on any atom is 0.123 e. The van der Waals surface area contributed by atoms with E-state index in [0.29, 0.717) is 6.61 Å². The summed E-state index contributed by atoms with van der Waals surface area (Å²) in [5, 5.41) is 7.55. The Morgan fingerprint density at radius 1 is 1.22 bits per heavy atom. The molecule has 0 saturated carbocycles. The van der Waals surface area contributed by atoms with Gasteiger partial charge in [-0.15, -0.1) is 10.2 Å². The van der Waals surface area contributed by atoms with Crippen molar-refractivity contribution in [3.8, 4) is 11.4 Å². The van der Waals surface area contributed by atoms with Crippen LogP contribution in [-0.2, 0) is 4.74 Å². The molecule has 3 rings (SSSR count). The van der Waals surface area contributed by atoms with Crippen LogP contribution < -0.4 is 4.74 Å². The van der Waals surface area contributed by atoms with E-state index in [2.05, 4.69) is 10.2 Å². The minimum Gasteiger partial charge on any atom is -0.491 e. The summed E-state index contributed by atoms with van der Waals surface area (Å²) in [5.74, 6) is 0.863. The van der Waals surface area contributed by atoms with Gasteiger partial charge >= 0.3 is 0 Å². The summed E-state index contributed by atoms with van der Waals surface area (Å²) in [4.78, 5) is 0. The van der Waals surface area contributed by atoms with Crippen molar-refractivity contribution < 1.29 is 9.47 Å². The summed E-state index contributed by atoms with van der Waals surface area (Å²) in [6, 6.07) is 7.86. The lowest BCUT2D eigenvalue weighted by Crippen LogP contribution is -2.16. The van der Waals surface area contributed by atoms with Crippen LogP contribution >= 0.6 is 0 Å². The fourth-order valence-electron chi connectivity index (χ4n) is 2.01. The van der Waals surface area contributed by atoms with E-state index in [0.717, 1.165) is 30.9 Å². The molecule has 5 heteroatoms. The topological polar surface area (TPSA) is 49.2 Å². The second kappa shape index (κ2) is 5.18. The van der Waals surface area contributed by atoms with Crippen LogP contribution in [-0.4, -0.2) is 34.1 Å². The molecule has 0 N–H and O–H groups in total. The van der Waals surface area contributed by atoms with Crippen LogP contribution in [0.2, 0.25) is 0 Å². The monoisotopic (exact) mass is 245 g/mol. The Balaban J connectivity index is 1.60. The number of hydrogen-bond acceptors (Lipinski definition) is 4. The molecule has 1 saturated heterocycles. The zero-order valence-corrected chi connectivity index (χ0v) is 10.0. The van der Waals surface area contributed by atoms with Crippen molar-refractivity contribution >= 4 is 0 Å². The van der Waals surface area contributed by atoms with Crippen molar-refractivity contribution in [1.82, 2.24) is 14.8 Å². The fraction of sp³-hybridized carbons (Fsp3) is 0.385. The van der Waals surface area contributed by atoms with E-state index in [1.165, 1.54) is 0 Å². The highest BCUT2D eigenvalue weighted by Gasteiger charge is 2.15. The Labute approximate surface area is 105 Å². The molecule has 1 atom stereocenters. The zero-order valence-electron chi connectivity index (χ0n) is 10.0. The van der Waals surface area contributed by atoms with Gasteiger partial charge in [0.2, 0.25) is 0 Å². The normalized spacial score (nSPS) is 19.0. The molecular formula is C13H15N3O2. The molecule has 1 aliphatic rings. The minimum atomic E-state index is 0.252. The number of ether oxygens (including phenoxy) is 2. The summed E-state index contributed by atoms with van der Waals surface area (Å²) in [6.45, 7) is 1.49. The highest BCUT2D eigenvalue weighted by Crippen LogP contribution is 2.17. The standard InChI is InChI=1S/C13H15N3O2/c1-2-13(17-7-1)8-18-12-5-3-11(4-6-12)16-9-14-15-10-16/h3-6,9-10,13H,1-2,7-8H2. The molecule has 0 aliphatic carbocycles. The molecule has 94 valence electrons. The fourth-order valence-corrected chi connectivity index (χ4v) is 2.01. The minimum absolute atomic E-state index is 0.252. The third-order valence-corrected chi connectivity index (χ3v) is 3.01. The van der Waals surface area contributed by atoms with E-state index >= 15 is 0 Å². The number of aromatic nitrogens is 3. The summed E-state index contributed by atoms with van der Waals surface area (Å²) in [6.07, 6.45) is 5.83. The van der Waals surface area contributed by atoms with Crippen LogP contribution in [0.15, 0.2) is 36.9 Å². The third-order valence-electron chi connectivity index (χ3n) is 3.01. The predicted molar refractivity (Wildman–Crippen MR) is 65.8 cm³/mol. The number of hydrogen-bond donors (Lipinski definition) is 0. The highest BCUT2D eigenvalue weighted by molar-refractivity contribution is 5.36. The molecular weight excluding hydrogens is 230 g/mol. The molecule has 1 aromatic carbocycles. The largest absolute Gasteiger partial charge is 0.491 e. The SMILES string of the molecule is c1cc(-n2cnnc2)ccc1OCC1CCCO1. The molecule has 2 heterocycles. The number of benzene rings is 1. The van der Waals surface area contributed by atoms with Crippen LogP contribution in [0.4, 0.5) is 0 Å². The van der Waals surface area contributed by atoms with Crippen molar-refractivity contribution in [2.45, 2.75) is 18.9 Å². The van der Waals surface area contributed by atoms with E-state index in [1.54, 1.807) is 12.7 Å². The maximum absolute atomic E-state index is 5.70. The van der Waals surface area contributed by atoms with Gasteiger partial charge in [0.1, 0.15) is 25.0 Å². The van der Waals surface area contributed by atoms with Gasteiger partial charge in [0, 0.05) is 12.3 Å². The molecule has 0 bridgehead atoms. The second-order valence-electron chi connectivity index (χ2n) is 4.31. The first-order chi connectivity index (χ1) is 8.92. The van der Waals surface area contributed by atoms with Gasteiger partial charge in [-0.25, -0.2) is 0 Å². The lowest BCUT2D eigenvalue weighted by atomic mass is 10.2. The van der Waals surface area contributed by atoms with Crippen LogP contribution in [0, 0.1) is 0 Å². The van der Waals surface area contributed by atoms with Gasteiger partial charge in [0.15, 0.2) is 0 Å². The van der Waals surface area contributed by atoms with Crippen LogP contribution in [0.5, 0.6) is 5.75 Å². The second-order valence-corrected chi connectivity index (χ2v) is 4.31. The highest BCUT2D eigenvalue weighted by atomic mass is 16.5. The molecule has 1 fully saturated rings. The lowest BCUT2D eigenvalue weighted by molar-refractivity contribution is 0.0679. The van der Waals surface area contributed by atoms with E-state index in [4.69, 9.17) is 9.47 Å². The van der Waals surface area contributed by atoms with E-state index in [1.807, 2.05) is 28.8 Å². The van der Waals surface area contributed by atoms with Crippen molar-refractivity contribution in [2.24, 2.45) is 0 Å². The number of rotatable bonds is 4. The molecule has 2 aromatic rings. The summed E-state index contributed by atoms with van der Waals surface area (Å²) in [5.41, 5.74) is 1.02. The van der Waals surface area contributed by atoms with Crippen LogP contribution in [0.25, 0.3) is 5.69 Å². The molecule has 1 aromatic heterocycles. The van der Waals surface area contributed by atoms with Gasteiger partial charge in [-0.1, -0.05) is 0 Å². The Hall–Kier alpha value is -1.88. The predicted octanol–water partition coefficient (Wildman–Crippen LogP) is 1.83. The molecule has 5 nitrogen and oxygen atoms in total. The smallest absolute Gasteiger partial charge is 0.123 e. The first kappa shape index (κ1) is 11.2. The lowest BCUT2D eigenvalue weighted by Gasteiger charge is -2.11. The van der Waals surface area contributed by atoms with Crippen molar-refractivity contribution in [2.75, 3.05) is 13.2 Å². The van der Waals surface area contributed by atoms with Gasteiger partial charge in [-0.05, 0) is 37.1 Å². The summed E-state index contributed by atoms with van der Waals surface area (Å²) >= 11 is 0. The number of nitrogens with zero attached hydrogens (tertiary/aromatic N) is 3. The van der Waals surface area contributed by atoms with Crippen molar-refractivity contribution in [3.05, 3.63) is 36.9 Å². The van der Waals surface area contributed by atoms with Gasteiger partial charge in [-0.2, -0.15) is 0 Å². The van der Waals surface area contributed by atoms with Gasteiger partial charge in [0.25, 0.3) is 0 Å². The molecule has 1 unspecified atom stereocenters. The van der Waals surface area contributed by atoms with Crippen molar-refractivity contribution in [1.29, 1.82) is 0 Å². The molecule has 0 radical (unpaired) electrons. The first-order valence-corrected chi connectivity index (χ1v) is 6.11. The Bertz CT molecular complexity index is 475. The molecule has 1 aliphatic heterocycles.